The van der Waals surface area contributed by atoms with Gasteiger partial charge in [-0.25, -0.2) is 8.78 Å². The van der Waals surface area contributed by atoms with Crippen molar-refractivity contribution in [3.8, 4) is 0 Å². The second-order valence-corrected chi connectivity index (χ2v) is 3.64. The number of alkyl halides is 2. The molecule has 1 rings (SSSR count). The van der Waals surface area contributed by atoms with Gasteiger partial charge in [-0.1, -0.05) is 0 Å². The van der Waals surface area contributed by atoms with Crippen molar-refractivity contribution < 1.29 is 18.6 Å². The standard InChI is InChI=1S/C9H17F2NO2/c10-9(11,7-13)6-12-8-2-1-4-14-5-3-8/h8,12-13H,1-7H2. The van der Waals surface area contributed by atoms with Crippen LogP contribution >= 0.6 is 0 Å². The molecule has 1 aliphatic heterocycles. The highest BCUT2D eigenvalue weighted by Gasteiger charge is 2.28. The van der Waals surface area contributed by atoms with E-state index in [2.05, 4.69) is 5.32 Å². The van der Waals surface area contributed by atoms with E-state index in [1.54, 1.807) is 0 Å². The number of rotatable bonds is 4. The zero-order chi connectivity index (χ0) is 10.4. The fourth-order valence-corrected chi connectivity index (χ4v) is 1.46. The summed E-state index contributed by atoms with van der Waals surface area (Å²) in [6.07, 6.45) is 2.53. The lowest BCUT2D eigenvalue weighted by atomic mass is 10.1. The fourth-order valence-electron chi connectivity index (χ4n) is 1.46. The van der Waals surface area contributed by atoms with Gasteiger partial charge in [0.05, 0.1) is 6.54 Å². The van der Waals surface area contributed by atoms with Gasteiger partial charge in [0.2, 0.25) is 0 Å². The molecule has 0 aromatic carbocycles. The van der Waals surface area contributed by atoms with Crippen LogP contribution in [-0.4, -0.2) is 43.4 Å². The molecule has 1 heterocycles. The summed E-state index contributed by atoms with van der Waals surface area (Å²) in [6.45, 7) is -0.200. The molecule has 3 nitrogen and oxygen atoms in total. The molecular weight excluding hydrogens is 192 g/mol. The minimum Gasteiger partial charge on any atom is -0.390 e. The third kappa shape index (κ3) is 4.30. The maximum Gasteiger partial charge on any atom is 0.282 e. The quantitative estimate of drug-likeness (QED) is 0.718. The first-order chi connectivity index (χ1) is 6.64. The summed E-state index contributed by atoms with van der Waals surface area (Å²) < 4.78 is 30.5. The number of hydrogen-bond donors (Lipinski definition) is 2. The Kier molecular flexibility index (Phi) is 4.71. The fraction of sp³-hybridized carbons (Fsp3) is 1.00. The van der Waals surface area contributed by atoms with Gasteiger partial charge in [0, 0.05) is 19.3 Å². The van der Waals surface area contributed by atoms with Gasteiger partial charge in [-0.2, -0.15) is 0 Å². The van der Waals surface area contributed by atoms with Crippen LogP contribution in [0.5, 0.6) is 0 Å². The highest BCUT2D eigenvalue weighted by atomic mass is 19.3. The Morgan fingerprint density at radius 2 is 2.14 bits per heavy atom. The van der Waals surface area contributed by atoms with Crippen LogP contribution in [0.1, 0.15) is 19.3 Å². The number of nitrogens with one attached hydrogen (secondary N) is 1. The van der Waals surface area contributed by atoms with E-state index in [4.69, 9.17) is 9.84 Å². The predicted molar refractivity (Wildman–Crippen MR) is 48.5 cm³/mol. The summed E-state index contributed by atoms with van der Waals surface area (Å²) in [5.41, 5.74) is 0. The van der Waals surface area contributed by atoms with Gasteiger partial charge in [-0.15, -0.1) is 0 Å². The normalized spacial score (nSPS) is 24.6. The van der Waals surface area contributed by atoms with Crippen LogP contribution in [0.3, 0.4) is 0 Å². The number of halogens is 2. The van der Waals surface area contributed by atoms with E-state index in [1.165, 1.54) is 0 Å². The van der Waals surface area contributed by atoms with E-state index in [0.29, 0.717) is 13.2 Å². The van der Waals surface area contributed by atoms with Crippen molar-refractivity contribution >= 4 is 0 Å². The summed E-state index contributed by atoms with van der Waals surface area (Å²) in [5.74, 6) is -3.01. The molecule has 1 fully saturated rings. The van der Waals surface area contributed by atoms with E-state index in [-0.39, 0.29) is 6.04 Å². The van der Waals surface area contributed by atoms with Gasteiger partial charge in [-0.3, -0.25) is 0 Å². The molecule has 5 heteroatoms. The molecule has 0 aromatic heterocycles. The van der Waals surface area contributed by atoms with Gasteiger partial charge in [-0.05, 0) is 19.3 Å². The molecular formula is C9H17F2NO2. The minimum absolute atomic E-state index is 0.0925. The van der Waals surface area contributed by atoms with Crippen molar-refractivity contribution in [3.05, 3.63) is 0 Å². The summed E-state index contributed by atoms with van der Waals surface area (Å²) in [4.78, 5) is 0. The zero-order valence-electron chi connectivity index (χ0n) is 8.14. The first-order valence-electron chi connectivity index (χ1n) is 4.94. The van der Waals surface area contributed by atoms with E-state index in [1.807, 2.05) is 0 Å². The lowest BCUT2D eigenvalue weighted by Gasteiger charge is -2.19. The molecule has 1 saturated heterocycles. The Morgan fingerprint density at radius 1 is 1.36 bits per heavy atom. The first kappa shape index (κ1) is 11.8. The first-order valence-corrected chi connectivity index (χ1v) is 4.94. The molecule has 0 aliphatic carbocycles. The van der Waals surface area contributed by atoms with E-state index >= 15 is 0 Å². The van der Waals surface area contributed by atoms with Gasteiger partial charge in [0.15, 0.2) is 0 Å². The minimum atomic E-state index is -3.01. The van der Waals surface area contributed by atoms with E-state index < -0.39 is 19.1 Å². The molecule has 0 amide bonds. The largest absolute Gasteiger partial charge is 0.390 e. The summed E-state index contributed by atoms with van der Waals surface area (Å²) in [7, 11) is 0. The Hall–Kier alpha value is -0.260. The highest BCUT2D eigenvalue weighted by Crippen LogP contribution is 2.13. The smallest absolute Gasteiger partial charge is 0.282 e. The van der Waals surface area contributed by atoms with Crippen LogP contribution in [0.15, 0.2) is 0 Å². The zero-order valence-corrected chi connectivity index (χ0v) is 8.14. The van der Waals surface area contributed by atoms with Crippen LogP contribution in [0.2, 0.25) is 0 Å². The number of hydrogen-bond acceptors (Lipinski definition) is 3. The van der Waals surface area contributed by atoms with Crippen molar-refractivity contribution in [3.63, 3.8) is 0 Å². The van der Waals surface area contributed by atoms with Crippen LogP contribution in [0, 0.1) is 0 Å². The van der Waals surface area contributed by atoms with E-state index in [0.717, 1.165) is 19.3 Å². The van der Waals surface area contributed by atoms with Crippen molar-refractivity contribution in [1.29, 1.82) is 0 Å². The molecule has 1 atom stereocenters. The van der Waals surface area contributed by atoms with Crippen LogP contribution in [-0.2, 0) is 4.74 Å². The van der Waals surface area contributed by atoms with Gasteiger partial charge < -0.3 is 15.2 Å². The maximum atomic E-state index is 12.7. The number of ether oxygens (including phenoxy) is 1. The molecule has 0 saturated carbocycles. The summed E-state index contributed by atoms with van der Waals surface area (Å²) >= 11 is 0. The highest BCUT2D eigenvalue weighted by molar-refractivity contribution is 4.74. The average Bonchev–Trinajstić information content (AvgIpc) is 2.43. The SMILES string of the molecule is OCC(F)(F)CNC1CCCOCC1. The second kappa shape index (κ2) is 5.58. The Balaban J connectivity index is 2.22. The number of aliphatic hydroxyl groups excluding tert-OH is 1. The monoisotopic (exact) mass is 209 g/mol. The van der Waals surface area contributed by atoms with Crippen molar-refractivity contribution in [2.45, 2.75) is 31.2 Å². The van der Waals surface area contributed by atoms with Crippen LogP contribution in [0.4, 0.5) is 8.78 Å². The molecule has 0 spiro atoms. The maximum absolute atomic E-state index is 12.7. The molecule has 0 radical (unpaired) electrons. The molecule has 1 unspecified atom stereocenters. The topological polar surface area (TPSA) is 41.5 Å². The average molecular weight is 209 g/mol. The van der Waals surface area contributed by atoms with Crippen molar-refractivity contribution in [1.82, 2.24) is 5.32 Å². The third-order valence-corrected chi connectivity index (χ3v) is 2.33. The lowest BCUT2D eigenvalue weighted by molar-refractivity contribution is -0.0496. The second-order valence-electron chi connectivity index (χ2n) is 3.64. The van der Waals surface area contributed by atoms with Gasteiger partial charge >= 0.3 is 0 Å². The molecule has 2 N–H and O–H groups in total. The van der Waals surface area contributed by atoms with Crippen LogP contribution < -0.4 is 5.32 Å². The predicted octanol–water partition coefficient (Wildman–Crippen LogP) is 0.773. The van der Waals surface area contributed by atoms with Crippen molar-refractivity contribution in [2.24, 2.45) is 0 Å². The Morgan fingerprint density at radius 3 is 2.86 bits per heavy atom. The third-order valence-electron chi connectivity index (χ3n) is 2.33. The van der Waals surface area contributed by atoms with Crippen molar-refractivity contribution in [2.75, 3.05) is 26.4 Å². The molecule has 84 valence electrons. The lowest BCUT2D eigenvalue weighted by Crippen LogP contribution is -2.41. The molecule has 1 aliphatic rings. The van der Waals surface area contributed by atoms with Gasteiger partial charge in [0.25, 0.3) is 5.92 Å². The number of aliphatic hydroxyl groups is 1. The Labute approximate surface area is 82.4 Å². The summed E-state index contributed by atoms with van der Waals surface area (Å²) in [5, 5.41) is 11.1. The Bertz CT molecular complexity index is 159. The van der Waals surface area contributed by atoms with Crippen LogP contribution in [0.25, 0.3) is 0 Å². The summed E-state index contributed by atoms with van der Waals surface area (Å²) in [6, 6.07) is 0.0925. The molecule has 0 bridgehead atoms. The molecule has 14 heavy (non-hydrogen) atoms. The van der Waals surface area contributed by atoms with E-state index in [9.17, 15) is 8.78 Å². The van der Waals surface area contributed by atoms with Gasteiger partial charge in [0.1, 0.15) is 6.61 Å². The molecule has 0 aromatic rings.